The molecule has 1 aliphatic rings. The zero-order valence-corrected chi connectivity index (χ0v) is 32.1. The highest BCUT2D eigenvalue weighted by atomic mass is 16.3. The van der Waals surface area contributed by atoms with Crippen LogP contribution in [0, 0.1) is 6.92 Å². The minimum Gasteiger partial charge on any atom is -0.455 e. The molecule has 3 heteroatoms. The van der Waals surface area contributed by atoms with Crippen LogP contribution in [0.15, 0.2) is 186 Å². The van der Waals surface area contributed by atoms with E-state index in [-0.39, 0.29) is 0 Å². The molecule has 3 aromatic heterocycles. The Morgan fingerprint density at radius 2 is 1.09 bits per heavy atom. The molecule has 0 aliphatic heterocycles. The predicted octanol–water partition coefficient (Wildman–Crippen LogP) is 14.8. The number of allylic oxidation sites excluding steroid dienone is 1. The van der Waals surface area contributed by atoms with Crippen molar-refractivity contribution in [3.63, 3.8) is 0 Å². The van der Waals surface area contributed by atoms with E-state index in [9.17, 15) is 0 Å². The molecule has 274 valence electrons. The zero-order valence-electron chi connectivity index (χ0n) is 32.1. The van der Waals surface area contributed by atoms with E-state index in [0.717, 1.165) is 45.9 Å². The van der Waals surface area contributed by atoms with Crippen LogP contribution in [-0.2, 0) is 6.42 Å². The second-order valence-corrected chi connectivity index (χ2v) is 15.7. The number of nitrogens with zero attached hydrogens (tertiary/aromatic N) is 2. The van der Waals surface area contributed by atoms with Gasteiger partial charge < -0.3 is 13.6 Å². The molecule has 58 heavy (non-hydrogen) atoms. The van der Waals surface area contributed by atoms with Crippen LogP contribution in [0.1, 0.15) is 28.8 Å². The Bertz CT molecular complexity index is 3460. The van der Waals surface area contributed by atoms with Crippen molar-refractivity contribution >= 4 is 66.3 Å². The third-order valence-electron chi connectivity index (χ3n) is 12.3. The lowest BCUT2D eigenvalue weighted by Crippen LogP contribution is -2.05. The van der Waals surface area contributed by atoms with Crippen molar-refractivity contribution in [2.75, 3.05) is 0 Å². The highest BCUT2D eigenvalue weighted by Crippen LogP contribution is 2.42. The standard InChI is InChI=1S/C55H38N2O/c1-35-12-9-17-42(30-35)57-52-28-25-39(33-48(52)49-34-40(26-29-53(49)57)43-20-11-21-46-45-19-6-8-23-54(45)58-55(43)46)37-14-10-13-36(31-37)38-24-27-51-47(32-38)44-18-5-7-22-50(44)56(51)41-15-3-2-4-16-41/h2-23,25-26,28-34H,24,27H2,1H3. The number of rotatable bonds is 5. The Morgan fingerprint density at radius 1 is 0.431 bits per heavy atom. The summed E-state index contributed by atoms with van der Waals surface area (Å²) in [5.74, 6) is 0. The molecule has 1 aliphatic carbocycles. The quantitative estimate of drug-likeness (QED) is 0.172. The van der Waals surface area contributed by atoms with E-state index < -0.39 is 0 Å². The molecule has 0 saturated carbocycles. The van der Waals surface area contributed by atoms with Crippen LogP contribution in [0.2, 0.25) is 0 Å². The summed E-state index contributed by atoms with van der Waals surface area (Å²) in [6.07, 6.45) is 4.43. The van der Waals surface area contributed by atoms with Gasteiger partial charge in [0.2, 0.25) is 0 Å². The lowest BCUT2D eigenvalue weighted by Gasteiger charge is -2.18. The number of fused-ring (bicyclic) bond motifs is 9. The van der Waals surface area contributed by atoms with Crippen LogP contribution in [0.3, 0.4) is 0 Å². The first kappa shape index (κ1) is 32.8. The summed E-state index contributed by atoms with van der Waals surface area (Å²) < 4.78 is 11.4. The highest BCUT2D eigenvalue weighted by molar-refractivity contribution is 6.14. The van der Waals surface area contributed by atoms with E-state index in [1.165, 1.54) is 83.2 Å². The number of benzene rings is 8. The second kappa shape index (κ2) is 12.8. The summed E-state index contributed by atoms with van der Waals surface area (Å²) in [4.78, 5) is 0. The van der Waals surface area contributed by atoms with Crippen molar-refractivity contribution in [2.24, 2.45) is 0 Å². The van der Waals surface area contributed by atoms with Gasteiger partial charge in [-0.15, -0.1) is 0 Å². The van der Waals surface area contributed by atoms with E-state index in [4.69, 9.17) is 4.42 Å². The van der Waals surface area contributed by atoms with Gasteiger partial charge in [0.05, 0.1) is 16.6 Å². The molecule has 3 nitrogen and oxygen atoms in total. The molecule has 0 amide bonds. The van der Waals surface area contributed by atoms with Crippen molar-refractivity contribution in [3.8, 4) is 33.6 Å². The number of hydrogen-bond acceptors (Lipinski definition) is 1. The Labute approximate surface area is 336 Å². The van der Waals surface area contributed by atoms with Crippen molar-refractivity contribution in [2.45, 2.75) is 19.8 Å². The first-order valence-corrected chi connectivity index (χ1v) is 20.2. The number of hydrogen-bond donors (Lipinski definition) is 0. The van der Waals surface area contributed by atoms with Crippen LogP contribution >= 0.6 is 0 Å². The van der Waals surface area contributed by atoms with Gasteiger partial charge in [-0.1, -0.05) is 115 Å². The van der Waals surface area contributed by atoms with Gasteiger partial charge >= 0.3 is 0 Å². The van der Waals surface area contributed by atoms with Crippen molar-refractivity contribution in [3.05, 3.63) is 204 Å². The van der Waals surface area contributed by atoms with Gasteiger partial charge in [-0.05, 0) is 126 Å². The van der Waals surface area contributed by atoms with Gasteiger partial charge in [0.15, 0.2) is 0 Å². The van der Waals surface area contributed by atoms with Crippen LogP contribution in [-0.4, -0.2) is 9.13 Å². The maximum Gasteiger partial charge on any atom is 0.143 e. The molecule has 3 heterocycles. The molecule has 11 aromatic rings. The average Bonchev–Trinajstić information content (AvgIpc) is 3.94. The molecule has 0 spiro atoms. The lowest BCUT2D eigenvalue weighted by atomic mass is 9.89. The van der Waals surface area contributed by atoms with Gasteiger partial charge in [-0.25, -0.2) is 0 Å². The summed E-state index contributed by atoms with van der Waals surface area (Å²) in [6.45, 7) is 2.17. The molecule has 0 unspecified atom stereocenters. The summed E-state index contributed by atoms with van der Waals surface area (Å²) in [6, 6.07) is 66.3. The summed E-state index contributed by atoms with van der Waals surface area (Å²) in [5, 5.41) is 6.04. The van der Waals surface area contributed by atoms with Crippen LogP contribution in [0.4, 0.5) is 0 Å². The maximum absolute atomic E-state index is 6.51. The summed E-state index contributed by atoms with van der Waals surface area (Å²) in [5.41, 5.74) is 19.2. The van der Waals surface area contributed by atoms with E-state index >= 15 is 0 Å². The van der Waals surface area contributed by atoms with Crippen molar-refractivity contribution in [1.29, 1.82) is 0 Å². The molecular weight excluding hydrogens is 705 g/mol. The fourth-order valence-electron chi connectivity index (χ4n) is 9.61. The van der Waals surface area contributed by atoms with Crippen LogP contribution < -0.4 is 0 Å². The average molecular weight is 743 g/mol. The molecule has 12 rings (SSSR count). The smallest absolute Gasteiger partial charge is 0.143 e. The minimum absolute atomic E-state index is 0.914. The Morgan fingerprint density at radius 3 is 1.95 bits per heavy atom. The Hall–Kier alpha value is -7.36. The SMILES string of the molecule is Cc1cccc(-n2c3ccc(-c4cccc(C5=Cc6c(n(-c7ccccc7)c7ccccc67)CC5)c4)cc3c3cc(-c4cccc5c4oc4ccccc45)ccc32)c1. The number of aryl methyl sites for hydroxylation is 1. The largest absolute Gasteiger partial charge is 0.455 e. The van der Waals surface area contributed by atoms with E-state index in [2.05, 4.69) is 198 Å². The Balaban J connectivity index is 1.00. The fraction of sp³-hybridized carbons (Fsp3) is 0.0545. The van der Waals surface area contributed by atoms with Crippen molar-refractivity contribution < 1.29 is 4.42 Å². The third-order valence-corrected chi connectivity index (χ3v) is 12.3. The van der Waals surface area contributed by atoms with E-state index in [0.29, 0.717) is 0 Å². The normalized spacial score (nSPS) is 12.9. The molecule has 0 fully saturated rings. The number of aromatic nitrogens is 2. The van der Waals surface area contributed by atoms with Crippen molar-refractivity contribution in [1.82, 2.24) is 9.13 Å². The lowest BCUT2D eigenvalue weighted by molar-refractivity contribution is 0.670. The van der Waals surface area contributed by atoms with Crippen LogP contribution in [0.5, 0.6) is 0 Å². The van der Waals surface area contributed by atoms with Gasteiger partial charge in [-0.3, -0.25) is 0 Å². The van der Waals surface area contributed by atoms with Gasteiger partial charge in [0.1, 0.15) is 11.2 Å². The van der Waals surface area contributed by atoms with Gasteiger partial charge in [-0.2, -0.15) is 0 Å². The van der Waals surface area contributed by atoms with Gasteiger partial charge in [0, 0.05) is 55.1 Å². The van der Waals surface area contributed by atoms with Crippen LogP contribution in [0.25, 0.3) is 99.9 Å². The van der Waals surface area contributed by atoms with E-state index in [1.807, 2.05) is 6.07 Å². The van der Waals surface area contributed by atoms with E-state index in [1.54, 1.807) is 0 Å². The summed E-state index contributed by atoms with van der Waals surface area (Å²) in [7, 11) is 0. The first-order chi connectivity index (χ1) is 28.7. The summed E-state index contributed by atoms with van der Waals surface area (Å²) >= 11 is 0. The molecule has 0 N–H and O–H groups in total. The number of para-hydroxylation sites is 4. The molecule has 0 radical (unpaired) electrons. The first-order valence-electron chi connectivity index (χ1n) is 20.2. The predicted molar refractivity (Wildman–Crippen MR) is 243 cm³/mol. The minimum atomic E-state index is 0.914. The molecule has 0 atom stereocenters. The second-order valence-electron chi connectivity index (χ2n) is 15.7. The molecule has 0 bridgehead atoms. The highest BCUT2D eigenvalue weighted by Gasteiger charge is 2.22. The topological polar surface area (TPSA) is 23.0 Å². The van der Waals surface area contributed by atoms with Gasteiger partial charge in [0.25, 0.3) is 0 Å². The molecule has 0 saturated heterocycles. The fourth-order valence-corrected chi connectivity index (χ4v) is 9.61. The maximum atomic E-state index is 6.51. The molecular formula is C55H38N2O. The third kappa shape index (κ3) is 5.06. The monoisotopic (exact) mass is 742 g/mol. The molecule has 8 aromatic carbocycles. The Kier molecular flexibility index (Phi) is 7.27. The number of furan rings is 1. The zero-order chi connectivity index (χ0) is 38.3.